The fourth-order valence-electron chi connectivity index (χ4n) is 7.26. The van der Waals surface area contributed by atoms with Gasteiger partial charge in [0.05, 0.1) is 0 Å². The minimum absolute atomic E-state index is 0.0685. The maximum absolute atomic E-state index is 12.7. The Morgan fingerprint density at radius 3 is 0.893 bits per heavy atom. The Morgan fingerprint density at radius 1 is 0.339 bits per heavy atom. The van der Waals surface area contributed by atoms with E-state index < -0.39 is 6.10 Å². The van der Waals surface area contributed by atoms with Crippen LogP contribution in [0.3, 0.4) is 0 Å². The van der Waals surface area contributed by atoms with Crippen molar-refractivity contribution in [2.24, 2.45) is 0 Å². The molecular weight excluding hydrogens is 697 g/mol. The van der Waals surface area contributed by atoms with E-state index in [4.69, 9.17) is 14.2 Å². The smallest absolute Gasteiger partial charge is 0.306 e. The first-order valence-corrected chi connectivity index (χ1v) is 24.7. The van der Waals surface area contributed by atoms with Crippen molar-refractivity contribution < 1.29 is 28.6 Å². The van der Waals surface area contributed by atoms with Gasteiger partial charge in [0.2, 0.25) is 0 Å². The molecule has 0 aliphatic heterocycles. The molecule has 0 aromatic rings. The second-order valence-electron chi connectivity index (χ2n) is 16.7. The van der Waals surface area contributed by atoms with Gasteiger partial charge >= 0.3 is 17.9 Å². The van der Waals surface area contributed by atoms with Crippen LogP contribution in [0.2, 0.25) is 0 Å². The Bertz CT molecular complexity index is 870. The molecule has 0 aromatic heterocycles. The average molecular weight is 791 g/mol. The molecule has 1 atom stereocenters. The molecule has 0 rings (SSSR count). The normalized spacial score (nSPS) is 12.0. The molecule has 0 fully saturated rings. The van der Waals surface area contributed by atoms with Crippen LogP contribution in [-0.2, 0) is 28.6 Å². The van der Waals surface area contributed by atoms with Crippen molar-refractivity contribution in [2.45, 2.75) is 277 Å². The molecule has 6 heteroatoms. The predicted octanol–water partition coefficient (Wildman–Crippen LogP) is 15.8. The lowest BCUT2D eigenvalue weighted by Gasteiger charge is -2.18. The van der Waals surface area contributed by atoms with Gasteiger partial charge in [-0.25, -0.2) is 0 Å². The summed E-state index contributed by atoms with van der Waals surface area (Å²) in [6.45, 7) is 6.64. The van der Waals surface area contributed by atoms with Crippen LogP contribution in [0.25, 0.3) is 0 Å². The number of hydrogen-bond donors (Lipinski definition) is 0. The standard InChI is InChI=1S/C50H94O6/c1-4-7-10-13-16-19-22-24-26-29-32-35-38-41-44-50(53)56-47(45-54-48(51)42-39-36-33-30-27-21-18-15-12-9-6-3)46-55-49(52)43-40-37-34-31-28-25-23-20-17-14-11-8-5-2/h22,24,47H,4-21,23,25-46H2,1-3H3/b24-22-/t47-/m0/s1. The van der Waals surface area contributed by atoms with Crippen LogP contribution in [0.15, 0.2) is 12.2 Å². The molecule has 0 saturated heterocycles. The molecule has 330 valence electrons. The van der Waals surface area contributed by atoms with E-state index in [2.05, 4.69) is 32.9 Å². The highest BCUT2D eigenvalue weighted by atomic mass is 16.6. The zero-order valence-electron chi connectivity index (χ0n) is 37.7. The molecule has 0 aliphatic rings. The Morgan fingerprint density at radius 2 is 0.589 bits per heavy atom. The molecule has 0 heterocycles. The Kier molecular flexibility index (Phi) is 44.3. The van der Waals surface area contributed by atoms with Gasteiger partial charge in [0.1, 0.15) is 13.2 Å². The average Bonchev–Trinajstić information content (AvgIpc) is 3.19. The van der Waals surface area contributed by atoms with Crippen LogP contribution < -0.4 is 0 Å². The number of hydrogen-bond acceptors (Lipinski definition) is 6. The van der Waals surface area contributed by atoms with E-state index in [0.29, 0.717) is 19.3 Å². The van der Waals surface area contributed by atoms with Gasteiger partial charge in [-0.1, -0.05) is 219 Å². The molecule has 0 aromatic carbocycles. The molecule has 0 radical (unpaired) electrons. The summed E-state index contributed by atoms with van der Waals surface area (Å²) in [6, 6.07) is 0. The lowest BCUT2D eigenvalue weighted by molar-refractivity contribution is -0.167. The number of ether oxygens (including phenoxy) is 3. The van der Waals surface area contributed by atoms with Crippen molar-refractivity contribution in [1.29, 1.82) is 0 Å². The molecule has 0 saturated carbocycles. The summed E-state index contributed by atoms with van der Waals surface area (Å²) in [5.74, 6) is -0.865. The maximum Gasteiger partial charge on any atom is 0.306 e. The van der Waals surface area contributed by atoms with E-state index in [1.54, 1.807) is 0 Å². The van der Waals surface area contributed by atoms with Crippen LogP contribution in [0.4, 0.5) is 0 Å². The second-order valence-corrected chi connectivity index (χ2v) is 16.7. The largest absolute Gasteiger partial charge is 0.462 e. The molecule has 0 amide bonds. The first kappa shape index (κ1) is 54.2. The Balaban J connectivity index is 4.34. The summed E-state index contributed by atoms with van der Waals surface area (Å²) in [4.78, 5) is 37.8. The third-order valence-corrected chi connectivity index (χ3v) is 11.0. The second kappa shape index (κ2) is 45.8. The van der Waals surface area contributed by atoms with Gasteiger partial charge in [-0.2, -0.15) is 0 Å². The monoisotopic (exact) mass is 791 g/mol. The van der Waals surface area contributed by atoms with Gasteiger partial charge in [-0.3, -0.25) is 14.4 Å². The van der Waals surface area contributed by atoms with Crippen molar-refractivity contribution >= 4 is 17.9 Å². The zero-order chi connectivity index (χ0) is 40.8. The van der Waals surface area contributed by atoms with E-state index in [1.165, 1.54) is 167 Å². The van der Waals surface area contributed by atoms with Crippen LogP contribution in [0.1, 0.15) is 271 Å². The highest BCUT2D eigenvalue weighted by molar-refractivity contribution is 5.71. The summed E-state index contributed by atoms with van der Waals surface area (Å²) >= 11 is 0. The van der Waals surface area contributed by atoms with Crippen molar-refractivity contribution in [3.8, 4) is 0 Å². The lowest BCUT2D eigenvalue weighted by atomic mass is 10.0. The third-order valence-electron chi connectivity index (χ3n) is 11.0. The zero-order valence-corrected chi connectivity index (χ0v) is 37.7. The Hall–Kier alpha value is -1.85. The van der Waals surface area contributed by atoms with E-state index in [0.717, 1.165) is 64.2 Å². The van der Waals surface area contributed by atoms with Gasteiger partial charge in [0, 0.05) is 19.3 Å². The van der Waals surface area contributed by atoms with Gasteiger partial charge in [0.25, 0.3) is 0 Å². The van der Waals surface area contributed by atoms with E-state index in [-0.39, 0.29) is 31.1 Å². The molecule has 0 spiro atoms. The van der Waals surface area contributed by atoms with E-state index in [1.807, 2.05) is 0 Å². The number of unbranched alkanes of at least 4 members (excludes halogenated alkanes) is 32. The van der Waals surface area contributed by atoms with Gasteiger partial charge in [-0.15, -0.1) is 0 Å². The summed E-state index contributed by atoms with van der Waals surface area (Å²) in [5.41, 5.74) is 0. The van der Waals surface area contributed by atoms with E-state index >= 15 is 0 Å². The first-order valence-electron chi connectivity index (χ1n) is 24.7. The molecule has 6 nitrogen and oxygen atoms in total. The SMILES string of the molecule is CCCCCCC/C=C\CCCCCCCC(=O)O[C@@H](COC(=O)CCCCCCCCCCCCC)COC(=O)CCCCCCCCCCCCCCC. The minimum atomic E-state index is -0.766. The van der Waals surface area contributed by atoms with E-state index in [9.17, 15) is 14.4 Å². The highest BCUT2D eigenvalue weighted by Gasteiger charge is 2.19. The molecular formula is C50H94O6. The molecule has 56 heavy (non-hydrogen) atoms. The van der Waals surface area contributed by atoms with Crippen LogP contribution >= 0.6 is 0 Å². The number of allylic oxidation sites excluding steroid dienone is 2. The molecule has 0 N–H and O–H groups in total. The third kappa shape index (κ3) is 43.3. The maximum atomic E-state index is 12.7. The molecule has 0 aliphatic carbocycles. The molecule has 0 bridgehead atoms. The predicted molar refractivity (Wildman–Crippen MR) is 238 cm³/mol. The summed E-state index contributed by atoms with van der Waals surface area (Å²) < 4.78 is 16.8. The summed E-state index contributed by atoms with van der Waals surface area (Å²) in [7, 11) is 0. The Labute approximate surface area is 348 Å². The van der Waals surface area contributed by atoms with Crippen LogP contribution in [0.5, 0.6) is 0 Å². The van der Waals surface area contributed by atoms with Gasteiger partial charge < -0.3 is 14.2 Å². The van der Waals surface area contributed by atoms with Crippen LogP contribution in [0, 0.1) is 0 Å². The number of carbonyl (C=O) groups excluding carboxylic acids is 3. The lowest BCUT2D eigenvalue weighted by Crippen LogP contribution is -2.30. The highest BCUT2D eigenvalue weighted by Crippen LogP contribution is 2.15. The van der Waals surface area contributed by atoms with Crippen LogP contribution in [-0.4, -0.2) is 37.2 Å². The van der Waals surface area contributed by atoms with Crippen molar-refractivity contribution in [1.82, 2.24) is 0 Å². The number of esters is 3. The quantitative estimate of drug-likeness (QED) is 0.0264. The van der Waals surface area contributed by atoms with Crippen molar-refractivity contribution in [2.75, 3.05) is 13.2 Å². The summed E-state index contributed by atoms with van der Waals surface area (Å²) in [6.07, 6.45) is 49.0. The first-order chi connectivity index (χ1) is 27.5. The summed E-state index contributed by atoms with van der Waals surface area (Å²) in [5, 5.41) is 0. The number of rotatable bonds is 45. The fraction of sp³-hybridized carbons (Fsp3) is 0.900. The van der Waals surface area contributed by atoms with Crippen molar-refractivity contribution in [3.63, 3.8) is 0 Å². The van der Waals surface area contributed by atoms with Crippen molar-refractivity contribution in [3.05, 3.63) is 12.2 Å². The fourth-order valence-corrected chi connectivity index (χ4v) is 7.26. The number of carbonyl (C=O) groups is 3. The van der Waals surface area contributed by atoms with Gasteiger partial charge in [0.15, 0.2) is 6.10 Å². The topological polar surface area (TPSA) is 78.9 Å². The molecule has 0 unspecified atom stereocenters. The minimum Gasteiger partial charge on any atom is -0.462 e. The van der Waals surface area contributed by atoms with Gasteiger partial charge in [-0.05, 0) is 44.9 Å².